The molecule has 1 aromatic heterocycles. The van der Waals surface area contributed by atoms with E-state index in [1.807, 2.05) is 36.7 Å². The van der Waals surface area contributed by atoms with Crippen LogP contribution in [0.4, 0.5) is 11.4 Å². The second-order valence-electron chi connectivity index (χ2n) is 4.22. The summed E-state index contributed by atoms with van der Waals surface area (Å²) in [5.74, 6) is 0. The molecule has 0 atom stereocenters. The highest BCUT2D eigenvalue weighted by Crippen LogP contribution is 2.34. The van der Waals surface area contributed by atoms with Crippen molar-refractivity contribution in [2.24, 2.45) is 9.98 Å². The van der Waals surface area contributed by atoms with Crippen molar-refractivity contribution >= 4 is 22.8 Å². The van der Waals surface area contributed by atoms with E-state index in [1.54, 1.807) is 0 Å². The highest BCUT2D eigenvalue weighted by Gasteiger charge is 2.26. The number of para-hydroxylation sites is 1. The summed E-state index contributed by atoms with van der Waals surface area (Å²) in [6.07, 6.45) is 4.48. The zero-order valence-electron chi connectivity index (χ0n) is 9.09. The quantitative estimate of drug-likeness (QED) is 0.671. The molecule has 0 saturated carbocycles. The monoisotopic (exact) mass is 219 g/mol. The van der Waals surface area contributed by atoms with Crippen LogP contribution < -0.4 is 0 Å². The Morgan fingerprint density at radius 3 is 2.88 bits per heavy atom. The molecule has 2 aromatic rings. The van der Waals surface area contributed by atoms with Crippen LogP contribution in [0.25, 0.3) is 0 Å². The molecule has 2 aliphatic rings. The van der Waals surface area contributed by atoms with E-state index in [0.717, 1.165) is 34.8 Å². The standard InChI is InChI=1S/C14H9N3/c1-2-4-11-10(3-1)14-12(16-11)7-9-5-6-15-8-13(9)17-14/h1-6,8H,7H2. The second kappa shape index (κ2) is 3.10. The van der Waals surface area contributed by atoms with Crippen molar-refractivity contribution in [1.82, 2.24) is 4.98 Å². The summed E-state index contributed by atoms with van der Waals surface area (Å²) in [4.78, 5) is 13.4. The van der Waals surface area contributed by atoms with Gasteiger partial charge in [-0.3, -0.25) is 9.98 Å². The number of hydrogen-bond acceptors (Lipinski definition) is 3. The van der Waals surface area contributed by atoms with E-state index in [2.05, 4.69) is 21.0 Å². The highest BCUT2D eigenvalue weighted by molar-refractivity contribution is 6.53. The summed E-state index contributed by atoms with van der Waals surface area (Å²) < 4.78 is 0. The van der Waals surface area contributed by atoms with Gasteiger partial charge in [0.05, 0.1) is 29.0 Å². The molecule has 0 spiro atoms. The van der Waals surface area contributed by atoms with Gasteiger partial charge in [-0.1, -0.05) is 18.2 Å². The van der Waals surface area contributed by atoms with Crippen molar-refractivity contribution in [3.8, 4) is 0 Å². The Labute approximate surface area is 98.6 Å². The zero-order valence-corrected chi connectivity index (χ0v) is 9.09. The minimum atomic E-state index is 0.853. The van der Waals surface area contributed by atoms with Crippen molar-refractivity contribution in [1.29, 1.82) is 0 Å². The lowest BCUT2D eigenvalue weighted by Gasteiger charge is -2.13. The number of aliphatic imine (C=N–C) groups is 2. The number of rotatable bonds is 0. The van der Waals surface area contributed by atoms with Crippen LogP contribution in [0.5, 0.6) is 0 Å². The third-order valence-corrected chi connectivity index (χ3v) is 3.17. The molecule has 0 radical (unpaired) electrons. The Morgan fingerprint density at radius 1 is 0.941 bits per heavy atom. The molecule has 0 saturated heterocycles. The molecule has 4 rings (SSSR count). The Morgan fingerprint density at radius 2 is 1.88 bits per heavy atom. The molecule has 80 valence electrons. The van der Waals surface area contributed by atoms with Crippen LogP contribution in [-0.4, -0.2) is 16.4 Å². The van der Waals surface area contributed by atoms with E-state index in [4.69, 9.17) is 0 Å². The van der Waals surface area contributed by atoms with E-state index in [0.29, 0.717) is 0 Å². The number of benzene rings is 1. The van der Waals surface area contributed by atoms with Crippen molar-refractivity contribution < 1.29 is 0 Å². The predicted molar refractivity (Wildman–Crippen MR) is 67.7 cm³/mol. The largest absolute Gasteiger partial charge is 0.262 e. The average Bonchev–Trinajstić information content (AvgIpc) is 2.73. The van der Waals surface area contributed by atoms with Gasteiger partial charge in [0.2, 0.25) is 0 Å². The molecule has 0 aliphatic carbocycles. The molecule has 1 aromatic carbocycles. The molecule has 0 bridgehead atoms. The van der Waals surface area contributed by atoms with Gasteiger partial charge in [0.15, 0.2) is 0 Å². The first kappa shape index (κ1) is 8.82. The molecule has 0 amide bonds. The summed E-state index contributed by atoms with van der Waals surface area (Å²) in [7, 11) is 0. The first-order chi connectivity index (χ1) is 8.42. The Balaban J connectivity index is 1.97. The SMILES string of the molecule is c1ccc2c(c1)N=C1Cc3ccncc3N=C12. The van der Waals surface area contributed by atoms with E-state index in [1.165, 1.54) is 5.56 Å². The lowest BCUT2D eigenvalue weighted by atomic mass is 9.98. The summed E-state index contributed by atoms with van der Waals surface area (Å²) in [5, 5.41) is 0. The fraction of sp³-hybridized carbons (Fsp3) is 0.0714. The maximum atomic E-state index is 4.67. The molecule has 17 heavy (non-hydrogen) atoms. The van der Waals surface area contributed by atoms with Crippen molar-refractivity contribution in [2.75, 3.05) is 0 Å². The van der Waals surface area contributed by atoms with Gasteiger partial charge in [0.1, 0.15) is 0 Å². The summed E-state index contributed by atoms with van der Waals surface area (Å²) in [5.41, 5.74) is 6.43. The van der Waals surface area contributed by atoms with Crippen molar-refractivity contribution in [3.63, 3.8) is 0 Å². The van der Waals surface area contributed by atoms with E-state index >= 15 is 0 Å². The van der Waals surface area contributed by atoms with Gasteiger partial charge < -0.3 is 0 Å². The van der Waals surface area contributed by atoms with Crippen LogP contribution in [0.15, 0.2) is 52.7 Å². The van der Waals surface area contributed by atoms with Gasteiger partial charge in [-0.05, 0) is 17.7 Å². The molecule has 0 N–H and O–H groups in total. The van der Waals surface area contributed by atoms with Gasteiger partial charge in [0.25, 0.3) is 0 Å². The van der Waals surface area contributed by atoms with E-state index in [9.17, 15) is 0 Å². The minimum Gasteiger partial charge on any atom is -0.262 e. The smallest absolute Gasteiger partial charge is 0.0950 e. The number of fused-ring (bicyclic) bond motifs is 4. The van der Waals surface area contributed by atoms with E-state index in [-0.39, 0.29) is 0 Å². The summed E-state index contributed by atoms with van der Waals surface area (Å²) in [6, 6.07) is 10.2. The van der Waals surface area contributed by atoms with E-state index < -0.39 is 0 Å². The number of hydrogen-bond donors (Lipinski definition) is 0. The molecular formula is C14H9N3. The molecule has 3 nitrogen and oxygen atoms in total. The minimum absolute atomic E-state index is 0.853. The topological polar surface area (TPSA) is 37.6 Å². The first-order valence-corrected chi connectivity index (χ1v) is 5.61. The molecule has 0 fully saturated rings. The number of aromatic nitrogens is 1. The molecule has 0 unspecified atom stereocenters. The van der Waals surface area contributed by atoms with Gasteiger partial charge in [-0.15, -0.1) is 0 Å². The maximum absolute atomic E-state index is 4.67. The van der Waals surface area contributed by atoms with Crippen molar-refractivity contribution in [3.05, 3.63) is 53.9 Å². The predicted octanol–water partition coefficient (Wildman–Crippen LogP) is 2.84. The lowest BCUT2D eigenvalue weighted by Crippen LogP contribution is -2.17. The maximum Gasteiger partial charge on any atom is 0.0950 e. The third-order valence-electron chi connectivity index (χ3n) is 3.17. The van der Waals surface area contributed by atoms with Gasteiger partial charge in [-0.2, -0.15) is 0 Å². The Bertz CT molecular complexity index is 683. The first-order valence-electron chi connectivity index (χ1n) is 5.61. The highest BCUT2D eigenvalue weighted by atomic mass is 14.9. The van der Waals surface area contributed by atoms with Gasteiger partial charge in [-0.25, -0.2) is 4.99 Å². The lowest BCUT2D eigenvalue weighted by molar-refractivity contribution is 1.21. The van der Waals surface area contributed by atoms with Crippen LogP contribution in [0.3, 0.4) is 0 Å². The third kappa shape index (κ3) is 1.19. The van der Waals surface area contributed by atoms with Crippen LogP contribution in [0.1, 0.15) is 11.1 Å². The molecule has 3 heterocycles. The van der Waals surface area contributed by atoms with Gasteiger partial charge >= 0.3 is 0 Å². The second-order valence-corrected chi connectivity index (χ2v) is 4.22. The fourth-order valence-corrected chi connectivity index (χ4v) is 2.34. The average molecular weight is 219 g/mol. The zero-order chi connectivity index (χ0) is 11.2. The Hall–Kier alpha value is -2.29. The summed E-state index contributed by atoms with van der Waals surface area (Å²) in [6.45, 7) is 0. The Kier molecular flexibility index (Phi) is 1.61. The van der Waals surface area contributed by atoms with Crippen LogP contribution >= 0.6 is 0 Å². The molecule has 2 aliphatic heterocycles. The van der Waals surface area contributed by atoms with Crippen molar-refractivity contribution in [2.45, 2.75) is 6.42 Å². The van der Waals surface area contributed by atoms with Crippen LogP contribution in [0.2, 0.25) is 0 Å². The normalized spacial score (nSPS) is 15.5. The summed E-state index contributed by atoms with van der Waals surface area (Å²) >= 11 is 0. The van der Waals surface area contributed by atoms with Crippen LogP contribution in [0, 0.1) is 0 Å². The molecule has 3 heteroatoms. The fourth-order valence-electron chi connectivity index (χ4n) is 2.34. The van der Waals surface area contributed by atoms with Gasteiger partial charge in [0, 0.05) is 18.2 Å². The number of pyridine rings is 1. The number of nitrogens with zero attached hydrogens (tertiary/aromatic N) is 3. The van der Waals surface area contributed by atoms with Crippen LogP contribution in [-0.2, 0) is 6.42 Å². The molecular weight excluding hydrogens is 210 g/mol.